The predicted octanol–water partition coefficient (Wildman–Crippen LogP) is 1.62. The molecule has 7 heteroatoms. The molecule has 2 fully saturated rings. The van der Waals surface area contributed by atoms with E-state index in [0.717, 1.165) is 51.2 Å². The van der Waals surface area contributed by atoms with E-state index in [1.165, 1.54) is 23.1 Å². The number of rotatable bonds is 4. The molecule has 1 N–H and O–H groups in total. The molecule has 1 aromatic rings. The fourth-order valence-electron chi connectivity index (χ4n) is 3.47. The van der Waals surface area contributed by atoms with E-state index >= 15 is 0 Å². The number of amides is 1. The van der Waals surface area contributed by atoms with Crippen LogP contribution in [0.5, 0.6) is 0 Å². The molecule has 2 aliphatic heterocycles. The van der Waals surface area contributed by atoms with Crippen molar-refractivity contribution in [2.24, 2.45) is 0 Å². The Morgan fingerprint density at radius 3 is 2.73 bits per heavy atom. The van der Waals surface area contributed by atoms with Crippen molar-refractivity contribution in [1.82, 2.24) is 4.90 Å². The van der Waals surface area contributed by atoms with Crippen molar-refractivity contribution in [3.63, 3.8) is 0 Å². The van der Waals surface area contributed by atoms with Crippen LogP contribution >= 0.6 is 0 Å². The van der Waals surface area contributed by atoms with Gasteiger partial charge in [-0.1, -0.05) is 12.1 Å². The van der Waals surface area contributed by atoms with Crippen molar-refractivity contribution < 1.29 is 27.6 Å². The van der Waals surface area contributed by atoms with Crippen LogP contribution in [0.3, 0.4) is 0 Å². The first kappa shape index (κ1) is 18.9. The van der Waals surface area contributed by atoms with Crippen LogP contribution < -0.4 is 4.90 Å². The van der Waals surface area contributed by atoms with Gasteiger partial charge in [0.05, 0.1) is 31.7 Å². The zero-order chi connectivity index (χ0) is 18.6. The van der Waals surface area contributed by atoms with Crippen molar-refractivity contribution in [3.8, 4) is 0 Å². The second-order valence-electron chi connectivity index (χ2n) is 6.87. The zero-order valence-corrected chi connectivity index (χ0v) is 14.6. The number of halogens is 3. The van der Waals surface area contributed by atoms with Gasteiger partial charge < -0.3 is 14.5 Å². The van der Waals surface area contributed by atoms with Gasteiger partial charge in [-0.3, -0.25) is 4.79 Å². The fourth-order valence-corrected chi connectivity index (χ4v) is 3.47. The number of alkyl halides is 3. The number of piperazine rings is 1. The molecule has 2 heterocycles. The highest BCUT2D eigenvalue weighted by Gasteiger charge is 2.30. The highest BCUT2D eigenvalue weighted by atomic mass is 19.4. The van der Waals surface area contributed by atoms with E-state index in [2.05, 4.69) is 0 Å². The minimum absolute atomic E-state index is 0.154. The average molecular weight is 369 g/mol. The molecule has 0 spiro atoms. The summed E-state index contributed by atoms with van der Waals surface area (Å²) in [4.78, 5) is 15.5. The first-order chi connectivity index (χ1) is 12.4. The molecular weight excluding hydrogens is 345 g/mol. The largest absolute Gasteiger partial charge is 0.416 e. The summed E-state index contributed by atoms with van der Waals surface area (Å²) >= 11 is 0. The smallest absolute Gasteiger partial charge is 0.372 e. The summed E-state index contributed by atoms with van der Waals surface area (Å²) in [5, 5.41) is 0. The number of nitrogens with zero attached hydrogens (tertiary/aromatic N) is 1. The van der Waals surface area contributed by atoms with E-state index in [9.17, 15) is 18.0 Å². The van der Waals surface area contributed by atoms with Crippen molar-refractivity contribution in [1.29, 1.82) is 0 Å². The molecule has 1 amide bonds. The van der Waals surface area contributed by atoms with Crippen molar-refractivity contribution in [3.05, 3.63) is 41.5 Å². The van der Waals surface area contributed by atoms with E-state index in [-0.39, 0.29) is 5.91 Å². The second-order valence-corrected chi connectivity index (χ2v) is 6.87. The van der Waals surface area contributed by atoms with Crippen LogP contribution in [0.1, 0.15) is 24.0 Å². The molecule has 142 valence electrons. The Labute approximate surface area is 151 Å². The molecule has 4 nitrogen and oxygen atoms in total. The summed E-state index contributed by atoms with van der Waals surface area (Å²) in [7, 11) is 0. The van der Waals surface area contributed by atoms with Gasteiger partial charge in [0.1, 0.15) is 12.6 Å². The van der Waals surface area contributed by atoms with E-state index in [4.69, 9.17) is 4.74 Å². The lowest BCUT2D eigenvalue weighted by Gasteiger charge is -2.32. The molecule has 2 saturated heterocycles. The summed E-state index contributed by atoms with van der Waals surface area (Å²) in [5.41, 5.74) is -0.339. The zero-order valence-electron chi connectivity index (χ0n) is 14.6. The third-order valence-electron chi connectivity index (χ3n) is 4.95. The van der Waals surface area contributed by atoms with Gasteiger partial charge in [-0.15, -0.1) is 0 Å². The van der Waals surface area contributed by atoms with Crippen LogP contribution in [0.4, 0.5) is 13.2 Å². The number of ether oxygens (including phenoxy) is 1. The fraction of sp³-hybridized carbons (Fsp3) is 0.526. The summed E-state index contributed by atoms with van der Waals surface area (Å²) in [6.45, 7) is 4.92. The van der Waals surface area contributed by atoms with Crippen LogP contribution in [0.15, 0.2) is 30.3 Å². The number of quaternary nitrogens is 1. The van der Waals surface area contributed by atoms with Crippen LogP contribution in [0.2, 0.25) is 0 Å². The number of carbonyl (C=O) groups excluding carboxylic acids is 1. The maximum absolute atomic E-state index is 12.7. The van der Waals surface area contributed by atoms with Gasteiger partial charge in [0, 0.05) is 12.7 Å². The molecule has 0 radical (unpaired) electrons. The highest BCUT2D eigenvalue weighted by Crippen LogP contribution is 2.29. The van der Waals surface area contributed by atoms with Crippen molar-refractivity contribution in [2.75, 3.05) is 39.3 Å². The monoisotopic (exact) mass is 369 g/mol. The first-order valence-electron chi connectivity index (χ1n) is 9.01. The molecule has 2 aliphatic rings. The molecule has 0 aromatic heterocycles. The molecule has 1 aromatic carbocycles. The molecule has 0 aliphatic carbocycles. The summed E-state index contributed by atoms with van der Waals surface area (Å²) in [6, 6.07) is 4.98. The van der Waals surface area contributed by atoms with Gasteiger partial charge in [-0.05, 0) is 36.6 Å². The minimum Gasteiger partial charge on any atom is -0.372 e. The standard InChI is InChI=1S/C19H23F3N2O2/c20-19(21,22)16-4-1-3-15(13-16)6-7-18(25)24-10-8-23(9-11-24)14-17-5-2-12-26-17/h1,3-4,6-7,13,17H,2,5,8-12,14H2/p+1/b7-6+/t17-/m1/s1. The van der Waals surface area contributed by atoms with Crippen LogP contribution in [-0.2, 0) is 15.7 Å². The number of carbonyl (C=O) groups is 1. The average Bonchev–Trinajstić information content (AvgIpc) is 3.13. The Morgan fingerprint density at radius 2 is 2.08 bits per heavy atom. The van der Waals surface area contributed by atoms with Gasteiger partial charge in [0.2, 0.25) is 5.91 Å². The van der Waals surface area contributed by atoms with Crippen molar-refractivity contribution in [2.45, 2.75) is 25.1 Å². The van der Waals surface area contributed by atoms with Crippen LogP contribution in [-0.4, -0.2) is 56.2 Å². The number of hydrogen-bond donors (Lipinski definition) is 1. The van der Waals surface area contributed by atoms with Gasteiger partial charge in [0.25, 0.3) is 0 Å². The van der Waals surface area contributed by atoms with Gasteiger partial charge in [-0.25, -0.2) is 0 Å². The lowest BCUT2D eigenvalue weighted by Crippen LogP contribution is -3.15. The lowest BCUT2D eigenvalue weighted by atomic mass is 10.1. The normalized spacial score (nSPS) is 22.3. The first-order valence-corrected chi connectivity index (χ1v) is 9.01. The molecule has 26 heavy (non-hydrogen) atoms. The van der Waals surface area contributed by atoms with E-state index in [1.807, 2.05) is 0 Å². The summed E-state index contributed by atoms with van der Waals surface area (Å²) in [6.07, 6.45) is 1.02. The summed E-state index contributed by atoms with van der Waals surface area (Å²) < 4.78 is 43.8. The highest BCUT2D eigenvalue weighted by molar-refractivity contribution is 5.91. The molecule has 0 saturated carbocycles. The van der Waals surface area contributed by atoms with E-state index in [0.29, 0.717) is 24.8 Å². The van der Waals surface area contributed by atoms with Crippen molar-refractivity contribution >= 4 is 12.0 Å². The lowest BCUT2D eigenvalue weighted by molar-refractivity contribution is -0.906. The second kappa shape index (κ2) is 8.22. The van der Waals surface area contributed by atoms with E-state index < -0.39 is 11.7 Å². The van der Waals surface area contributed by atoms with Gasteiger partial charge in [-0.2, -0.15) is 13.2 Å². The molecule has 1 atom stereocenters. The Hall–Kier alpha value is -1.86. The van der Waals surface area contributed by atoms with Crippen LogP contribution in [0, 0.1) is 0 Å². The van der Waals surface area contributed by atoms with Crippen LogP contribution in [0.25, 0.3) is 6.08 Å². The predicted molar refractivity (Wildman–Crippen MR) is 91.6 cm³/mol. The third kappa shape index (κ3) is 5.08. The number of hydrogen-bond acceptors (Lipinski definition) is 2. The third-order valence-corrected chi connectivity index (χ3v) is 4.95. The Kier molecular flexibility index (Phi) is 5.98. The Balaban J connectivity index is 1.50. The number of nitrogens with one attached hydrogen (secondary N) is 1. The molecule has 0 bridgehead atoms. The summed E-state index contributed by atoms with van der Waals surface area (Å²) in [5.74, 6) is -0.154. The van der Waals surface area contributed by atoms with E-state index in [1.54, 1.807) is 11.0 Å². The SMILES string of the molecule is O=C(/C=C/c1cccc(C(F)(F)F)c1)N1CC[NH+](C[C@H]2CCCO2)CC1. The van der Waals surface area contributed by atoms with Gasteiger partial charge in [0.15, 0.2) is 0 Å². The van der Waals surface area contributed by atoms with Gasteiger partial charge >= 0.3 is 6.18 Å². The maximum Gasteiger partial charge on any atom is 0.416 e. The minimum atomic E-state index is -4.38. The quantitative estimate of drug-likeness (QED) is 0.819. The topological polar surface area (TPSA) is 34.0 Å². The molecule has 3 rings (SSSR count). The maximum atomic E-state index is 12.7. The molecule has 0 unspecified atom stereocenters. The number of benzene rings is 1. The molecular formula is C19H24F3N2O2+. The Morgan fingerprint density at radius 1 is 1.31 bits per heavy atom. The Bertz CT molecular complexity index is 646.